The van der Waals surface area contributed by atoms with Crippen LogP contribution in [0.5, 0.6) is 0 Å². The quantitative estimate of drug-likeness (QED) is 0.808. The fraction of sp³-hybridized carbons (Fsp3) is 0.538. The first kappa shape index (κ1) is 11.6. The van der Waals surface area contributed by atoms with E-state index in [0.29, 0.717) is 26.1 Å². The van der Waals surface area contributed by atoms with Crippen molar-refractivity contribution in [2.75, 3.05) is 6.61 Å². The molecule has 2 rings (SSSR count). The maximum Gasteiger partial charge on any atom is 0.0717 e. The molecule has 0 heterocycles. The lowest BCUT2D eigenvalue weighted by atomic mass is 10.1. The van der Waals surface area contributed by atoms with E-state index in [1.54, 1.807) is 0 Å². The topological polar surface area (TPSA) is 49.7 Å². The fourth-order valence-corrected chi connectivity index (χ4v) is 2.14. The Balaban J connectivity index is 1.76. The van der Waals surface area contributed by atoms with Gasteiger partial charge in [-0.3, -0.25) is 0 Å². The summed E-state index contributed by atoms with van der Waals surface area (Å²) in [5.74, 6) is -0.122. The lowest BCUT2D eigenvalue weighted by Crippen LogP contribution is -2.27. The van der Waals surface area contributed by atoms with Crippen LogP contribution >= 0.6 is 0 Å². The minimum atomic E-state index is -0.411. The van der Waals surface area contributed by atoms with Gasteiger partial charge < -0.3 is 14.9 Å². The molecule has 2 N–H and O–H groups in total. The second-order valence-electron chi connectivity index (χ2n) is 4.38. The van der Waals surface area contributed by atoms with Crippen LogP contribution in [0, 0.1) is 5.92 Å². The summed E-state index contributed by atoms with van der Waals surface area (Å²) in [4.78, 5) is 0. The molecule has 0 aliphatic heterocycles. The zero-order valence-electron chi connectivity index (χ0n) is 9.25. The zero-order chi connectivity index (χ0) is 11.4. The van der Waals surface area contributed by atoms with Gasteiger partial charge in [0.15, 0.2) is 0 Å². The number of aliphatic hydroxyl groups is 2. The van der Waals surface area contributed by atoms with Gasteiger partial charge in [0.05, 0.1) is 25.4 Å². The van der Waals surface area contributed by atoms with Crippen LogP contribution in [0.1, 0.15) is 18.4 Å². The molecule has 0 amide bonds. The first-order valence-corrected chi connectivity index (χ1v) is 5.75. The van der Waals surface area contributed by atoms with E-state index in [4.69, 9.17) is 4.74 Å². The highest BCUT2D eigenvalue weighted by Gasteiger charge is 2.33. The van der Waals surface area contributed by atoms with Crippen molar-refractivity contribution in [1.29, 1.82) is 0 Å². The molecule has 1 aromatic rings. The molecule has 3 atom stereocenters. The Hall–Kier alpha value is -0.900. The van der Waals surface area contributed by atoms with Crippen LogP contribution in [-0.4, -0.2) is 29.0 Å². The molecule has 1 aliphatic rings. The number of hydrogen-bond donors (Lipinski definition) is 2. The van der Waals surface area contributed by atoms with Gasteiger partial charge in [-0.15, -0.1) is 0 Å². The number of benzene rings is 1. The van der Waals surface area contributed by atoms with Crippen molar-refractivity contribution in [3.8, 4) is 0 Å². The van der Waals surface area contributed by atoms with E-state index in [2.05, 4.69) is 0 Å². The van der Waals surface area contributed by atoms with Gasteiger partial charge in [0.1, 0.15) is 0 Å². The van der Waals surface area contributed by atoms with Crippen LogP contribution < -0.4 is 0 Å². The summed E-state index contributed by atoms with van der Waals surface area (Å²) in [5.41, 5.74) is 1.12. The van der Waals surface area contributed by atoms with Crippen LogP contribution in [0.15, 0.2) is 30.3 Å². The molecule has 16 heavy (non-hydrogen) atoms. The van der Waals surface area contributed by atoms with Gasteiger partial charge in [0, 0.05) is 5.92 Å². The van der Waals surface area contributed by atoms with E-state index in [1.807, 2.05) is 30.3 Å². The standard InChI is InChI=1S/C13H18O3/c14-12-6-7-13(15)11(12)9-16-8-10-4-2-1-3-5-10/h1-5,11-15H,6-9H2/t11?,12-,13+. The van der Waals surface area contributed by atoms with Crippen molar-refractivity contribution in [2.45, 2.75) is 31.7 Å². The molecule has 0 bridgehead atoms. The minimum Gasteiger partial charge on any atom is -0.393 e. The van der Waals surface area contributed by atoms with Crippen LogP contribution in [0.25, 0.3) is 0 Å². The average molecular weight is 222 g/mol. The third-order valence-corrected chi connectivity index (χ3v) is 3.17. The lowest BCUT2D eigenvalue weighted by Gasteiger charge is -2.17. The lowest BCUT2D eigenvalue weighted by molar-refractivity contribution is -0.00728. The second-order valence-corrected chi connectivity index (χ2v) is 4.38. The average Bonchev–Trinajstić information content (AvgIpc) is 2.62. The predicted octanol–water partition coefficient (Wildman–Crippen LogP) is 1.33. The molecule has 0 aromatic heterocycles. The van der Waals surface area contributed by atoms with Crippen molar-refractivity contribution in [3.63, 3.8) is 0 Å². The molecule has 1 fully saturated rings. The van der Waals surface area contributed by atoms with Gasteiger partial charge in [0.25, 0.3) is 0 Å². The van der Waals surface area contributed by atoms with Crippen molar-refractivity contribution in [3.05, 3.63) is 35.9 Å². The fourth-order valence-electron chi connectivity index (χ4n) is 2.14. The van der Waals surface area contributed by atoms with E-state index in [1.165, 1.54) is 0 Å². The highest BCUT2D eigenvalue weighted by Crippen LogP contribution is 2.26. The van der Waals surface area contributed by atoms with Crippen molar-refractivity contribution in [1.82, 2.24) is 0 Å². The molecule has 3 nitrogen and oxygen atoms in total. The van der Waals surface area contributed by atoms with E-state index < -0.39 is 12.2 Å². The Kier molecular flexibility index (Phi) is 3.93. The molecule has 0 spiro atoms. The van der Waals surface area contributed by atoms with Crippen molar-refractivity contribution >= 4 is 0 Å². The van der Waals surface area contributed by atoms with E-state index in [0.717, 1.165) is 5.56 Å². The monoisotopic (exact) mass is 222 g/mol. The first-order valence-electron chi connectivity index (χ1n) is 5.75. The molecule has 88 valence electrons. The summed E-state index contributed by atoms with van der Waals surface area (Å²) in [6, 6.07) is 9.91. The molecule has 0 radical (unpaired) electrons. The third kappa shape index (κ3) is 2.82. The Morgan fingerprint density at radius 2 is 1.69 bits per heavy atom. The van der Waals surface area contributed by atoms with E-state index in [9.17, 15) is 10.2 Å². The van der Waals surface area contributed by atoms with Gasteiger partial charge in [-0.1, -0.05) is 30.3 Å². The first-order chi connectivity index (χ1) is 7.77. The van der Waals surface area contributed by atoms with Gasteiger partial charge in [0.2, 0.25) is 0 Å². The van der Waals surface area contributed by atoms with Crippen molar-refractivity contribution < 1.29 is 14.9 Å². The van der Waals surface area contributed by atoms with Gasteiger partial charge in [-0.25, -0.2) is 0 Å². The molecule has 1 saturated carbocycles. The van der Waals surface area contributed by atoms with Gasteiger partial charge in [-0.05, 0) is 18.4 Å². The molecule has 0 saturated heterocycles. The largest absolute Gasteiger partial charge is 0.393 e. The predicted molar refractivity (Wildman–Crippen MR) is 60.8 cm³/mol. The van der Waals surface area contributed by atoms with E-state index in [-0.39, 0.29) is 5.92 Å². The van der Waals surface area contributed by atoms with Gasteiger partial charge >= 0.3 is 0 Å². The summed E-state index contributed by atoms with van der Waals surface area (Å²) in [6.07, 6.45) is 0.540. The molecular formula is C13H18O3. The van der Waals surface area contributed by atoms with Gasteiger partial charge in [-0.2, -0.15) is 0 Å². The number of rotatable bonds is 4. The zero-order valence-corrected chi connectivity index (χ0v) is 9.25. The van der Waals surface area contributed by atoms with Crippen LogP contribution in [0.3, 0.4) is 0 Å². The summed E-state index contributed by atoms with van der Waals surface area (Å²) < 4.78 is 5.52. The Bertz CT molecular complexity index is 302. The highest BCUT2D eigenvalue weighted by atomic mass is 16.5. The smallest absolute Gasteiger partial charge is 0.0717 e. The highest BCUT2D eigenvalue weighted by molar-refractivity contribution is 5.13. The Labute approximate surface area is 95.7 Å². The van der Waals surface area contributed by atoms with Crippen molar-refractivity contribution in [2.24, 2.45) is 5.92 Å². The summed E-state index contributed by atoms with van der Waals surface area (Å²) >= 11 is 0. The molecule has 3 heteroatoms. The molecular weight excluding hydrogens is 204 g/mol. The number of ether oxygens (including phenoxy) is 1. The van der Waals surface area contributed by atoms with E-state index >= 15 is 0 Å². The maximum absolute atomic E-state index is 9.62. The molecule has 1 unspecified atom stereocenters. The summed E-state index contributed by atoms with van der Waals surface area (Å²) in [7, 11) is 0. The van der Waals surface area contributed by atoms with Crippen LogP contribution in [0.2, 0.25) is 0 Å². The number of hydrogen-bond acceptors (Lipinski definition) is 3. The van der Waals surface area contributed by atoms with Crippen LogP contribution in [-0.2, 0) is 11.3 Å². The SMILES string of the molecule is O[C@@H]1CC[C@H](O)C1COCc1ccccc1. The maximum atomic E-state index is 9.62. The summed E-state index contributed by atoms with van der Waals surface area (Å²) in [5, 5.41) is 19.2. The Morgan fingerprint density at radius 1 is 1.06 bits per heavy atom. The minimum absolute atomic E-state index is 0.122. The molecule has 1 aliphatic carbocycles. The summed E-state index contributed by atoms with van der Waals surface area (Å²) in [6.45, 7) is 0.966. The second kappa shape index (κ2) is 5.43. The Morgan fingerprint density at radius 3 is 2.31 bits per heavy atom. The normalized spacial score (nSPS) is 29.5. The molecule has 1 aromatic carbocycles. The number of aliphatic hydroxyl groups excluding tert-OH is 2. The van der Waals surface area contributed by atoms with Crippen LogP contribution in [0.4, 0.5) is 0 Å². The third-order valence-electron chi connectivity index (χ3n) is 3.17.